The first-order valence-corrected chi connectivity index (χ1v) is 9.75. The molecule has 116 valence electrons. The maximum Gasteiger partial charge on any atom is 0.261 e. The molecule has 1 amide bonds. The first-order chi connectivity index (χ1) is 9.61. The van der Waals surface area contributed by atoms with Gasteiger partial charge in [-0.2, -0.15) is 0 Å². The number of carbonyl (C=O) groups excluding carboxylic acids is 1. The molecule has 1 aliphatic heterocycles. The lowest BCUT2D eigenvalue weighted by atomic mass is 10.0. The van der Waals surface area contributed by atoms with E-state index in [-0.39, 0.29) is 10.8 Å². The van der Waals surface area contributed by atoms with Crippen LogP contribution in [0.1, 0.15) is 29.8 Å². The van der Waals surface area contributed by atoms with E-state index in [1.807, 2.05) is 0 Å². The van der Waals surface area contributed by atoms with Crippen LogP contribution in [-0.4, -0.2) is 32.3 Å². The van der Waals surface area contributed by atoms with Crippen LogP contribution < -0.4 is 0 Å². The minimum Gasteiger partial charge on any atom is -0.338 e. The van der Waals surface area contributed by atoms with Gasteiger partial charge in [0.2, 0.25) is 0 Å². The first-order valence-electron chi connectivity index (χ1n) is 6.65. The summed E-state index contributed by atoms with van der Waals surface area (Å²) >= 11 is 3.25. The van der Waals surface area contributed by atoms with Crippen molar-refractivity contribution in [1.82, 2.24) is 4.90 Å². The monoisotopic (exact) mass is 393 g/mol. The van der Waals surface area contributed by atoms with E-state index in [4.69, 9.17) is 10.7 Å². The van der Waals surface area contributed by atoms with Gasteiger partial charge in [0.25, 0.3) is 15.0 Å². The second-order valence-corrected chi connectivity index (χ2v) is 9.13. The van der Waals surface area contributed by atoms with Crippen molar-refractivity contribution in [1.29, 1.82) is 0 Å². The van der Waals surface area contributed by atoms with Crippen molar-refractivity contribution < 1.29 is 13.2 Å². The van der Waals surface area contributed by atoms with Crippen LogP contribution in [0.25, 0.3) is 0 Å². The largest absolute Gasteiger partial charge is 0.338 e. The van der Waals surface area contributed by atoms with Crippen LogP contribution in [0.4, 0.5) is 0 Å². The average molecular weight is 395 g/mol. The molecule has 1 aromatic carbocycles. The Morgan fingerprint density at radius 2 is 1.81 bits per heavy atom. The molecule has 1 aliphatic rings. The van der Waals surface area contributed by atoms with Crippen molar-refractivity contribution in [3.63, 3.8) is 0 Å². The molecule has 4 nitrogen and oxygen atoms in total. The van der Waals surface area contributed by atoms with Crippen molar-refractivity contribution in [3.8, 4) is 0 Å². The van der Waals surface area contributed by atoms with E-state index >= 15 is 0 Å². The van der Waals surface area contributed by atoms with Crippen molar-refractivity contribution in [2.75, 3.05) is 13.1 Å². The third-order valence-electron chi connectivity index (χ3n) is 4.09. The molecule has 1 heterocycles. The lowest BCUT2D eigenvalue weighted by Gasteiger charge is -2.18. The number of benzene rings is 1. The Bertz CT molecular complexity index is 680. The number of likely N-dealkylation sites (tertiary alicyclic amines) is 1. The summed E-state index contributed by atoms with van der Waals surface area (Å²) in [5.41, 5.74) is 0.773. The Morgan fingerprint density at radius 1 is 1.29 bits per heavy atom. The highest BCUT2D eigenvalue weighted by molar-refractivity contribution is 9.10. The highest BCUT2D eigenvalue weighted by Crippen LogP contribution is 2.30. The third-order valence-corrected chi connectivity index (χ3v) is 6.00. The SMILES string of the molecule is Cc1c(C(=O)N2CC(C)C(C)C2)cc(Br)cc1S(=O)(=O)Cl. The molecule has 1 aromatic rings. The van der Waals surface area contributed by atoms with Crippen LogP contribution in [-0.2, 0) is 9.05 Å². The summed E-state index contributed by atoms with van der Waals surface area (Å²) in [6.07, 6.45) is 0. The molecule has 0 spiro atoms. The number of rotatable bonds is 2. The fourth-order valence-corrected chi connectivity index (χ4v) is 4.43. The standard InChI is InChI=1S/C14H17BrClNO3S/c1-8-6-17(7-9(8)2)14(18)12-4-11(15)5-13(10(12)3)21(16,19)20/h4-5,8-9H,6-7H2,1-3H3. The second kappa shape index (κ2) is 5.89. The summed E-state index contributed by atoms with van der Waals surface area (Å²) in [5.74, 6) is 0.738. The Hall–Kier alpha value is -0.590. The number of nitrogens with zero attached hydrogens (tertiary/aromatic N) is 1. The second-order valence-electron chi connectivity index (χ2n) is 5.68. The van der Waals surface area contributed by atoms with Gasteiger partial charge in [0.15, 0.2) is 0 Å². The molecule has 0 aromatic heterocycles. The van der Waals surface area contributed by atoms with Crippen LogP contribution in [0.15, 0.2) is 21.5 Å². The number of halogens is 2. The van der Waals surface area contributed by atoms with E-state index in [1.165, 1.54) is 6.07 Å². The van der Waals surface area contributed by atoms with Gasteiger partial charge >= 0.3 is 0 Å². The summed E-state index contributed by atoms with van der Waals surface area (Å²) < 4.78 is 23.8. The summed E-state index contributed by atoms with van der Waals surface area (Å²) in [5, 5.41) is 0. The summed E-state index contributed by atoms with van der Waals surface area (Å²) in [7, 11) is 1.56. The molecule has 1 saturated heterocycles. The lowest BCUT2D eigenvalue weighted by molar-refractivity contribution is 0.0784. The van der Waals surface area contributed by atoms with Crippen molar-refractivity contribution >= 4 is 41.6 Å². The molecule has 0 N–H and O–H groups in total. The highest BCUT2D eigenvalue weighted by Gasteiger charge is 2.31. The molecule has 21 heavy (non-hydrogen) atoms. The van der Waals surface area contributed by atoms with Crippen molar-refractivity contribution in [3.05, 3.63) is 27.7 Å². The van der Waals surface area contributed by atoms with Gasteiger partial charge in [-0.15, -0.1) is 0 Å². The molecule has 0 radical (unpaired) electrons. The molecule has 1 fully saturated rings. The number of hydrogen-bond acceptors (Lipinski definition) is 3. The van der Waals surface area contributed by atoms with E-state index in [9.17, 15) is 13.2 Å². The minimum absolute atomic E-state index is 0.0258. The summed E-state index contributed by atoms with van der Waals surface area (Å²) in [4.78, 5) is 14.4. The van der Waals surface area contributed by atoms with Gasteiger partial charge in [-0.1, -0.05) is 29.8 Å². The first kappa shape index (κ1) is 16.8. The number of carbonyl (C=O) groups is 1. The highest BCUT2D eigenvalue weighted by atomic mass is 79.9. The molecule has 0 bridgehead atoms. The van der Waals surface area contributed by atoms with Crippen LogP contribution in [0.2, 0.25) is 0 Å². The zero-order valence-electron chi connectivity index (χ0n) is 12.1. The topological polar surface area (TPSA) is 54.5 Å². The molecule has 0 aliphatic carbocycles. The van der Waals surface area contributed by atoms with E-state index in [0.717, 1.165) is 0 Å². The van der Waals surface area contributed by atoms with Gasteiger partial charge in [0.1, 0.15) is 0 Å². The molecule has 7 heteroatoms. The fraction of sp³-hybridized carbons (Fsp3) is 0.500. The zero-order chi connectivity index (χ0) is 15.9. The van der Waals surface area contributed by atoms with Crippen molar-refractivity contribution in [2.24, 2.45) is 11.8 Å². The van der Waals surface area contributed by atoms with E-state index in [1.54, 1.807) is 17.9 Å². The van der Waals surface area contributed by atoms with E-state index in [2.05, 4.69) is 29.8 Å². The van der Waals surface area contributed by atoms with Crippen molar-refractivity contribution in [2.45, 2.75) is 25.7 Å². The Labute approximate surface area is 138 Å². The summed E-state index contributed by atoms with van der Waals surface area (Å²) in [6.45, 7) is 7.21. The predicted molar refractivity (Wildman–Crippen MR) is 86.1 cm³/mol. The Balaban J connectivity index is 2.45. The van der Waals surface area contributed by atoms with Crippen LogP contribution >= 0.6 is 26.6 Å². The smallest absolute Gasteiger partial charge is 0.261 e. The quantitative estimate of drug-likeness (QED) is 0.722. The molecular formula is C14H17BrClNO3S. The van der Waals surface area contributed by atoms with Crippen LogP contribution in [0.3, 0.4) is 0 Å². The van der Waals surface area contributed by atoms with Gasteiger partial charge in [0, 0.05) is 33.8 Å². The van der Waals surface area contributed by atoms with E-state index in [0.29, 0.717) is 40.5 Å². The Morgan fingerprint density at radius 3 is 2.29 bits per heavy atom. The molecule has 2 rings (SSSR count). The van der Waals surface area contributed by atoms with Crippen LogP contribution in [0, 0.1) is 18.8 Å². The van der Waals surface area contributed by atoms with Gasteiger partial charge < -0.3 is 4.90 Å². The van der Waals surface area contributed by atoms with Gasteiger partial charge in [-0.25, -0.2) is 8.42 Å². The third kappa shape index (κ3) is 3.43. The number of hydrogen-bond donors (Lipinski definition) is 0. The molecular weight excluding hydrogens is 378 g/mol. The number of amides is 1. The van der Waals surface area contributed by atoms with Crippen LogP contribution in [0.5, 0.6) is 0 Å². The maximum atomic E-state index is 12.7. The molecule has 2 unspecified atom stereocenters. The van der Waals surface area contributed by atoms with Gasteiger partial charge in [-0.3, -0.25) is 4.79 Å². The van der Waals surface area contributed by atoms with Gasteiger partial charge in [-0.05, 0) is 36.5 Å². The lowest BCUT2D eigenvalue weighted by Crippen LogP contribution is -2.29. The molecule has 2 atom stereocenters. The van der Waals surface area contributed by atoms with Gasteiger partial charge in [0.05, 0.1) is 4.90 Å². The average Bonchev–Trinajstić information content (AvgIpc) is 2.70. The fourth-order valence-electron chi connectivity index (χ4n) is 2.60. The minimum atomic E-state index is -3.89. The van der Waals surface area contributed by atoms with E-state index < -0.39 is 9.05 Å². The maximum absolute atomic E-state index is 12.7. The Kier molecular flexibility index (Phi) is 4.71. The summed E-state index contributed by atoms with van der Waals surface area (Å²) in [6, 6.07) is 3.07. The predicted octanol–water partition coefficient (Wildman–Crippen LogP) is 3.41. The normalized spacial score (nSPS) is 22.6. The molecule has 0 saturated carbocycles. The zero-order valence-corrected chi connectivity index (χ0v) is 15.2.